The van der Waals surface area contributed by atoms with E-state index in [-0.39, 0.29) is 6.42 Å². The molecule has 1 aromatic carbocycles. The molecule has 0 radical (unpaired) electrons. The lowest BCUT2D eigenvalue weighted by Gasteiger charge is -2.15. The average Bonchev–Trinajstić information content (AvgIpc) is 2.32. The number of carbonyl (C=O) groups is 1. The maximum absolute atomic E-state index is 12.0. The number of methoxy groups -OCH3 is 1. The van der Waals surface area contributed by atoms with E-state index in [9.17, 15) is 13.2 Å². The SMILES string of the molecule is CC[C@@H](C(=O)OC)S(=O)(=O)Nc1ccc(C)cc1. The first-order valence-corrected chi connectivity index (χ1v) is 7.11. The highest BCUT2D eigenvalue weighted by Crippen LogP contribution is 2.15. The zero-order valence-electron chi connectivity index (χ0n) is 10.6. The van der Waals surface area contributed by atoms with Gasteiger partial charge in [-0.1, -0.05) is 24.6 Å². The van der Waals surface area contributed by atoms with Gasteiger partial charge in [-0.2, -0.15) is 0 Å². The van der Waals surface area contributed by atoms with Gasteiger partial charge in [0.05, 0.1) is 7.11 Å². The number of esters is 1. The molecule has 0 unspecified atom stereocenters. The van der Waals surface area contributed by atoms with Crippen molar-refractivity contribution in [3.8, 4) is 0 Å². The number of ether oxygens (including phenoxy) is 1. The van der Waals surface area contributed by atoms with Crippen molar-refractivity contribution in [3.63, 3.8) is 0 Å². The highest BCUT2D eigenvalue weighted by atomic mass is 32.2. The van der Waals surface area contributed by atoms with Gasteiger partial charge in [-0.3, -0.25) is 9.52 Å². The summed E-state index contributed by atoms with van der Waals surface area (Å²) in [5.74, 6) is -0.753. The third-order valence-corrected chi connectivity index (χ3v) is 4.32. The van der Waals surface area contributed by atoms with Crippen LogP contribution in [-0.2, 0) is 19.6 Å². The number of carbonyl (C=O) groups excluding carboxylic acids is 1. The third-order valence-electron chi connectivity index (χ3n) is 2.52. The van der Waals surface area contributed by atoms with Crippen LogP contribution in [0, 0.1) is 6.92 Å². The quantitative estimate of drug-likeness (QED) is 0.827. The standard InChI is InChI=1S/C12H17NO4S/c1-4-11(12(14)17-3)18(15,16)13-10-7-5-9(2)6-8-10/h5-8,11,13H,4H2,1-3H3/t11-/m0/s1. The van der Waals surface area contributed by atoms with Crippen LogP contribution in [0.15, 0.2) is 24.3 Å². The maximum Gasteiger partial charge on any atom is 0.325 e. The summed E-state index contributed by atoms with van der Waals surface area (Å²) in [7, 11) is -2.60. The molecule has 0 heterocycles. The van der Waals surface area contributed by atoms with Crippen molar-refractivity contribution < 1.29 is 17.9 Å². The number of benzene rings is 1. The molecule has 0 aliphatic carbocycles. The smallest absolute Gasteiger partial charge is 0.325 e. The molecule has 0 saturated carbocycles. The molecular formula is C12H17NO4S. The van der Waals surface area contributed by atoms with Crippen LogP contribution in [0.5, 0.6) is 0 Å². The van der Waals surface area contributed by atoms with E-state index >= 15 is 0 Å². The number of anilines is 1. The van der Waals surface area contributed by atoms with Gasteiger partial charge in [-0.15, -0.1) is 0 Å². The van der Waals surface area contributed by atoms with Crippen LogP contribution in [0.4, 0.5) is 5.69 Å². The molecule has 0 fully saturated rings. The van der Waals surface area contributed by atoms with Crippen LogP contribution in [0.1, 0.15) is 18.9 Å². The summed E-state index contributed by atoms with van der Waals surface area (Å²) in [6.07, 6.45) is 0.161. The predicted molar refractivity (Wildman–Crippen MR) is 69.8 cm³/mol. The van der Waals surface area contributed by atoms with Gasteiger partial charge in [0.1, 0.15) is 0 Å². The number of sulfonamides is 1. The Morgan fingerprint density at radius 3 is 2.33 bits per heavy atom. The van der Waals surface area contributed by atoms with Gasteiger partial charge in [-0.25, -0.2) is 8.42 Å². The van der Waals surface area contributed by atoms with E-state index in [0.29, 0.717) is 5.69 Å². The lowest BCUT2D eigenvalue weighted by atomic mass is 10.2. The number of hydrogen-bond donors (Lipinski definition) is 1. The fourth-order valence-corrected chi connectivity index (χ4v) is 2.90. The van der Waals surface area contributed by atoms with Gasteiger partial charge >= 0.3 is 5.97 Å². The van der Waals surface area contributed by atoms with E-state index < -0.39 is 21.2 Å². The number of nitrogens with one attached hydrogen (secondary N) is 1. The summed E-state index contributed by atoms with van der Waals surface area (Å²) in [5, 5.41) is -1.19. The first-order valence-electron chi connectivity index (χ1n) is 5.57. The van der Waals surface area contributed by atoms with Crippen LogP contribution < -0.4 is 4.72 Å². The van der Waals surface area contributed by atoms with E-state index in [1.807, 2.05) is 6.92 Å². The molecule has 0 aliphatic heterocycles. The van der Waals surface area contributed by atoms with E-state index in [4.69, 9.17) is 0 Å². The van der Waals surface area contributed by atoms with Gasteiger partial charge in [-0.05, 0) is 25.5 Å². The van der Waals surface area contributed by atoms with Crippen molar-refractivity contribution in [2.75, 3.05) is 11.8 Å². The Morgan fingerprint density at radius 2 is 1.89 bits per heavy atom. The van der Waals surface area contributed by atoms with E-state index in [0.717, 1.165) is 5.56 Å². The first kappa shape index (κ1) is 14.5. The molecule has 0 aromatic heterocycles. The summed E-state index contributed by atoms with van der Waals surface area (Å²) < 4.78 is 30.9. The second-order valence-electron chi connectivity index (χ2n) is 3.93. The van der Waals surface area contributed by atoms with Gasteiger partial charge < -0.3 is 4.74 Å². The minimum atomic E-state index is -3.77. The van der Waals surface area contributed by atoms with Crippen molar-refractivity contribution in [2.45, 2.75) is 25.5 Å². The fourth-order valence-electron chi connectivity index (χ4n) is 1.50. The second kappa shape index (κ2) is 5.86. The third kappa shape index (κ3) is 3.46. The Labute approximate surface area is 107 Å². The van der Waals surface area contributed by atoms with Crippen LogP contribution in [0.2, 0.25) is 0 Å². The van der Waals surface area contributed by atoms with E-state index in [1.165, 1.54) is 7.11 Å². The number of aryl methyl sites for hydroxylation is 1. The molecule has 6 heteroatoms. The lowest BCUT2D eigenvalue weighted by Crippen LogP contribution is -2.35. The molecule has 0 amide bonds. The summed E-state index contributed by atoms with van der Waals surface area (Å²) in [6.45, 7) is 3.53. The molecule has 1 N–H and O–H groups in total. The van der Waals surface area contributed by atoms with Crippen LogP contribution in [0.3, 0.4) is 0 Å². The summed E-state index contributed by atoms with van der Waals surface area (Å²) in [6, 6.07) is 6.88. The largest absolute Gasteiger partial charge is 0.468 e. The molecule has 1 rings (SSSR count). The monoisotopic (exact) mass is 271 g/mol. The van der Waals surface area contributed by atoms with Crippen LogP contribution in [0.25, 0.3) is 0 Å². The van der Waals surface area contributed by atoms with Gasteiger partial charge in [0, 0.05) is 5.69 Å². The predicted octanol–water partition coefficient (Wildman–Crippen LogP) is 1.69. The molecule has 5 nitrogen and oxygen atoms in total. The first-order chi connectivity index (χ1) is 8.40. The normalized spacial score (nSPS) is 12.8. The number of hydrogen-bond acceptors (Lipinski definition) is 4. The van der Waals surface area contributed by atoms with Crippen LogP contribution in [-0.4, -0.2) is 26.7 Å². The summed E-state index contributed by atoms with van der Waals surface area (Å²) >= 11 is 0. The molecule has 18 heavy (non-hydrogen) atoms. The van der Waals surface area contributed by atoms with Crippen molar-refractivity contribution in [1.82, 2.24) is 0 Å². The maximum atomic E-state index is 12.0. The Hall–Kier alpha value is -1.56. The fraction of sp³-hybridized carbons (Fsp3) is 0.417. The van der Waals surface area contributed by atoms with E-state index in [2.05, 4.69) is 9.46 Å². The van der Waals surface area contributed by atoms with Gasteiger partial charge in [0.15, 0.2) is 5.25 Å². The Balaban J connectivity index is 2.93. The second-order valence-corrected chi connectivity index (χ2v) is 5.80. The molecular weight excluding hydrogens is 254 g/mol. The van der Waals surface area contributed by atoms with Gasteiger partial charge in [0.25, 0.3) is 0 Å². The van der Waals surface area contributed by atoms with Crippen molar-refractivity contribution >= 4 is 21.7 Å². The topological polar surface area (TPSA) is 72.5 Å². The molecule has 1 aromatic rings. The minimum absolute atomic E-state index is 0.161. The Bertz CT molecular complexity index is 507. The highest BCUT2D eigenvalue weighted by Gasteiger charge is 2.31. The minimum Gasteiger partial charge on any atom is -0.468 e. The van der Waals surface area contributed by atoms with Crippen molar-refractivity contribution in [2.24, 2.45) is 0 Å². The number of rotatable bonds is 5. The highest BCUT2D eigenvalue weighted by molar-refractivity contribution is 7.94. The molecule has 1 atom stereocenters. The summed E-state index contributed by atoms with van der Waals surface area (Å²) in [5.41, 5.74) is 1.46. The molecule has 0 spiro atoms. The zero-order valence-corrected chi connectivity index (χ0v) is 11.5. The Kier molecular flexibility index (Phi) is 4.72. The van der Waals surface area contributed by atoms with E-state index in [1.54, 1.807) is 31.2 Å². The molecule has 0 saturated heterocycles. The molecule has 0 aliphatic rings. The lowest BCUT2D eigenvalue weighted by molar-refractivity contribution is -0.140. The molecule has 100 valence electrons. The van der Waals surface area contributed by atoms with Crippen LogP contribution >= 0.6 is 0 Å². The Morgan fingerprint density at radius 1 is 1.33 bits per heavy atom. The average molecular weight is 271 g/mol. The molecule has 0 bridgehead atoms. The zero-order chi connectivity index (χ0) is 13.8. The van der Waals surface area contributed by atoms with Crippen molar-refractivity contribution in [3.05, 3.63) is 29.8 Å². The summed E-state index contributed by atoms with van der Waals surface area (Å²) in [4.78, 5) is 11.4. The van der Waals surface area contributed by atoms with Gasteiger partial charge in [0.2, 0.25) is 10.0 Å². The van der Waals surface area contributed by atoms with Crippen molar-refractivity contribution in [1.29, 1.82) is 0 Å².